The third kappa shape index (κ3) is 3.26. The van der Waals surface area contributed by atoms with Gasteiger partial charge in [-0.15, -0.1) is 11.3 Å². The lowest BCUT2D eigenvalue weighted by Gasteiger charge is -2.24. The number of rotatable bonds is 5. The summed E-state index contributed by atoms with van der Waals surface area (Å²) in [5.41, 5.74) is 1.48. The number of ether oxygens (including phenoxy) is 1. The fourth-order valence-corrected chi connectivity index (χ4v) is 4.31. The monoisotopic (exact) mass is 373 g/mol. The van der Waals surface area contributed by atoms with Crippen LogP contribution in [0.25, 0.3) is 10.4 Å². The van der Waals surface area contributed by atoms with E-state index in [0.717, 1.165) is 29.7 Å². The summed E-state index contributed by atoms with van der Waals surface area (Å²) in [4.78, 5) is 25.0. The average Bonchev–Trinajstić information content (AvgIpc) is 3.17. The second-order valence-corrected chi connectivity index (χ2v) is 8.06. The molecule has 6 heteroatoms. The number of carbonyl (C=O) groups is 2. The smallest absolute Gasteiger partial charge is 0.223 e. The van der Waals surface area contributed by atoms with E-state index in [1.807, 2.05) is 6.07 Å². The molecule has 1 atom stereocenters. The summed E-state index contributed by atoms with van der Waals surface area (Å²) in [6.45, 7) is 1.94. The van der Waals surface area contributed by atoms with E-state index in [4.69, 9.17) is 4.74 Å². The second-order valence-electron chi connectivity index (χ2n) is 6.98. The van der Waals surface area contributed by atoms with Gasteiger partial charge in [-0.1, -0.05) is 6.42 Å². The molecule has 1 aromatic carbocycles. The van der Waals surface area contributed by atoms with Crippen LogP contribution >= 0.6 is 11.3 Å². The maximum absolute atomic E-state index is 14.1. The van der Waals surface area contributed by atoms with E-state index < -0.39 is 0 Å². The van der Waals surface area contributed by atoms with Crippen molar-refractivity contribution >= 4 is 23.0 Å². The van der Waals surface area contributed by atoms with Crippen LogP contribution in [-0.2, 0) is 11.2 Å². The van der Waals surface area contributed by atoms with Gasteiger partial charge in [-0.3, -0.25) is 9.59 Å². The third-order valence-electron chi connectivity index (χ3n) is 5.06. The van der Waals surface area contributed by atoms with Crippen molar-refractivity contribution in [1.29, 1.82) is 0 Å². The number of amides is 1. The molecule has 1 amide bonds. The van der Waals surface area contributed by atoms with Crippen LogP contribution in [-0.4, -0.2) is 24.3 Å². The van der Waals surface area contributed by atoms with Gasteiger partial charge in [0.1, 0.15) is 17.7 Å². The molecule has 1 N–H and O–H groups in total. The van der Waals surface area contributed by atoms with Crippen molar-refractivity contribution in [3.63, 3.8) is 0 Å². The van der Waals surface area contributed by atoms with Gasteiger partial charge in [0.15, 0.2) is 5.78 Å². The van der Waals surface area contributed by atoms with Crippen LogP contribution in [0.2, 0.25) is 0 Å². The van der Waals surface area contributed by atoms with Crippen molar-refractivity contribution in [2.45, 2.75) is 38.7 Å². The SMILES string of the molecule is CC(=O)c1ccc(-c2cc(F)cc3c2O[C@@H](CNC(=O)C2CCC2)C3)s1. The van der Waals surface area contributed by atoms with Crippen LogP contribution in [0.5, 0.6) is 5.75 Å². The normalized spacial score (nSPS) is 18.8. The summed E-state index contributed by atoms with van der Waals surface area (Å²) in [5.74, 6) is 0.562. The number of fused-ring (bicyclic) bond motifs is 1. The van der Waals surface area contributed by atoms with E-state index >= 15 is 0 Å². The van der Waals surface area contributed by atoms with E-state index in [1.165, 1.54) is 30.4 Å². The summed E-state index contributed by atoms with van der Waals surface area (Å²) in [5, 5.41) is 2.95. The fraction of sp³-hybridized carbons (Fsp3) is 0.400. The minimum absolute atomic E-state index is 0.00759. The summed E-state index contributed by atoms with van der Waals surface area (Å²) in [6.07, 6.45) is 3.42. The van der Waals surface area contributed by atoms with Gasteiger partial charge in [0.05, 0.1) is 11.4 Å². The molecule has 2 aromatic rings. The molecule has 1 aromatic heterocycles. The maximum Gasteiger partial charge on any atom is 0.223 e. The first-order chi connectivity index (χ1) is 12.5. The number of hydrogen-bond acceptors (Lipinski definition) is 4. The quantitative estimate of drug-likeness (QED) is 0.807. The molecule has 0 spiro atoms. The molecule has 1 aliphatic heterocycles. The van der Waals surface area contributed by atoms with Gasteiger partial charge < -0.3 is 10.1 Å². The second kappa shape index (κ2) is 6.83. The first-order valence-electron chi connectivity index (χ1n) is 8.89. The number of hydrogen-bond donors (Lipinski definition) is 1. The maximum atomic E-state index is 14.1. The molecular formula is C20H20FNO3S. The van der Waals surface area contributed by atoms with E-state index in [2.05, 4.69) is 5.32 Å². The summed E-state index contributed by atoms with van der Waals surface area (Å²) in [6, 6.07) is 6.52. The van der Waals surface area contributed by atoms with Crippen molar-refractivity contribution in [2.24, 2.45) is 5.92 Å². The Hall–Kier alpha value is -2.21. The molecule has 1 saturated carbocycles. The molecule has 0 bridgehead atoms. The molecular weight excluding hydrogens is 353 g/mol. The highest BCUT2D eigenvalue weighted by Crippen LogP contribution is 2.42. The van der Waals surface area contributed by atoms with Crippen LogP contribution in [0.4, 0.5) is 4.39 Å². The highest BCUT2D eigenvalue weighted by atomic mass is 32.1. The van der Waals surface area contributed by atoms with E-state index in [9.17, 15) is 14.0 Å². The zero-order chi connectivity index (χ0) is 18.3. The Morgan fingerprint density at radius 3 is 2.77 bits per heavy atom. The van der Waals surface area contributed by atoms with Crippen molar-refractivity contribution in [3.8, 4) is 16.2 Å². The van der Waals surface area contributed by atoms with Crippen molar-refractivity contribution in [2.75, 3.05) is 6.54 Å². The largest absolute Gasteiger partial charge is 0.487 e. The van der Waals surface area contributed by atoms with Gasteiger partial charge in [0.25, 0.3) is 0 Å². The summed E-state index contributed by atoms with van der Waals surface area (Å²) < 4.78 is 20.1. The van der Waals surface area contributed by atoms with E-state index in [-0.39, 0.29) is 29.5 Å². The summed E-state index contributed by atoms with van der Waals surface area (Å²) in [7, 11) is 0. The fourth-order valence-electron chi connectivity index (χ4n) is 3.39. The predicted molar refractivity (Wildman–Crippen MR) is 98.2 cm³/mol. The molecule has 1 aliphatic carbocycles. The molecule has 2 heterocycles. The van der Waals surface area contributed by atoms with Gasteiger partial charge in [-0.2, -0.15) is 0 Å². The van der Waals surface area contributed by atoms with Crippen molar-refractivity contribution < 1.29 is 18.7 Å². The topological polar surface area (TPSA) is 55.4 Å². The van der Waals surface area contributed by atoms with Crippen molar-refractivity contribution in [1.82, 2.24) is 5.32 Å². The minimum Gasteiger partial charge on any atom is -0.487 e. The highest BCUT2D eigenvalue weighted by Gasteiger charge is 2.30. The molecule has 26 heavy (non-hydrogen) atoms. The Balaban J connectivity index is 1.51. The molecule has 4 nitrogen and oxygen atoms in total. The van der Waals surface area contributed by atoms with Gasteiger partial charge >= 0.3 is 0 Å². The number of benzene rings is 1. The van der Waals surface area contributed by atoms with Gasteiger partial charge in [0, 0.05) is 28.3 Å². The van der Waals surface area contributed by atoms with Gasteiger partial charge in [-0.25, -0.2) is 4.39 Å². The Morgan fingerprint density at radius 1 is 1.31 bits per heavy atom. The van der Waals surface area contributed by atoms with Gasteiger partial charge in [0.2, 0.25) is 5.91 Å². The van der Waals surface area contributed by atoms with E-state index in [0.29, 0.717) is 29.2 Å². The first-order valence-corrected chi connectivity index (χ1v) is 9.71. The highest BCUT2D eigenvalue weighted by molar-refractivity contribution is 7.17. The lowest BCUT2D eigenvalue weighted by Crippen LogP contribution is -2.40. The third-order valence-corrected chi connectivity index (χ3v) is 6.28. The standard InChI is InChI=1S/C20H20FNO3S/c1-11(23)17-5-6-18(26-17)16-9-14(21)7-13-8-15(25-19(13)16)10-22-20(24)12-3-2-4-12/h5-7,9,12,15H,2-4,8,10H2,1H3,(H,22,24)/t15-/m1/s1. The van der Waals surface area contributed by atoms with Crippen LogP contribution in [0, 0.1) is 11.7 Å². The van der Waals surface area contributed by atoms with Crippen LogP contribution in [0.15, 0.2) is 24.3 Å². The number of ketones is 1. The lowest BCUT2D eigenvalue weighted by molar-refractivity contribution is -0.127. The average molecular weight is 373 g/mol. The molecule has 0 saturated heterocycles. The van der Waals surface area contributed by atoms with Crippen LogP contribution in [0.3, 0.4) is 0 Å². The van der Waals surface area contributed by atoms with Crippen molar-refractivity contribution in [3.05, 3.63) is 40.5 Å². The Labute approximate surface area is 155 Å². The molecule has 0 radical (unpaired) electrons. The number of Topliss-reactive ketones (excluding diaryl/α,β-unsaturated/α-hetero) is 1. The Morgan fingerprint density at radius 2 is 2.12 bits per heavy atom. The number of carbonyl (C=O) groups excluding carboxylic acids is 2. The molecule has 2 aliphatic rings. The van der Waals surface area contributed by atoms with Crippen LogP contribution < -0.4 is 10.1 Å². The Kier molecular flexibility index (Phi) is 4.53. The van der Waals surface area contributed by atoms with Crippen LogP contribution in [0.1, 0.15) is 41.4 Å². The zero-order valence-electron chi connectivity index (χ0n) is 14.5. The predicted octanol–water partition coefficient (Wildman–Crippen LogP) is 3.98. The summed E-state index contributed by atoms with van der Waals surface area (Å²) >= 11 is 1.34. The minimum atomic E-state index is -0.320. The lowest BCUT2D eigenvalue weighted by atomic mass is 9.85. The number of thiophene rings is 1. The molecule has 136 valence electrons. The molecule has 1 fully saturated rings. The zero-order valence-corrected chi connectivity index (χ0v) is 15.3. The van der Waals surface area contributed by atoms with E-state index in [1.54, 1.807) is 6.07 Å². The number of halogens is 1. The Bertz CT molecular complexity index is 872. The first kappa shape index (κ1) is 17.2. The number of nitrogens with one attached hydrogen (secondary N) is 1. The molecule has 4 rings (SSSR count). The van der Waals surface area contributed by atoms with Gasteiger partial charge in [-0.05, 0) is 44.0 Å². The molecule has 0 unspecified atom stereocenters.